The van der Waals surface area contributed by atoms with E-state index >= 15 is 0 Å². The van der Waals surface area contributed by atoms with E-state index in [9.17, 15) is 10.1 Å². The van der Waals surface area contributed by atoms with Crippen molar-refractivity contribution in [2.45, 2.75) is 6.92 Å². The minimum Gasteiger partial charge on any atom is -0.453 e. The second-order valence-corrected chi connectivity index (χ2v) is 4.38. The molecule has 2 aromatic rings. The Morgan fingerprint density at radius 3 is 2.63 bits per heavy atom. The highest BCUT2D eigenvalue weighted by molar-refractivity contribution is 6.32. The number of ether oxygens (including phenoxy) is 1. The zero-order chi connectivity index (χ0) is 14.0. The van der Waals surface area contributed by atoms with E-state index in [1.165, 1.54) is 18.2 Å². The van der Waals surface area contributed by atoms with E-state index in [4.69, 9.17) is 27.9 Å². The standard InChI is InChI=1S/C11H7Cl2N3O3/c1-6-2-3-7(16(17)18)4-8(6)19-9-5-10(12)14-15-11(9)13/h2-5H,1H3. The van der Waals surface area contributed by atoms with Gasteiger partial charge in [-0.2, -0.15) is 0 Å². The van der Waals surface area contributed by atoms with Crippen LogP contribution >= 0.6 is 23.2 Å². The molecule has 6 nitrogen and oxygen atoms in total. The van der Waals surface area contributed by atoms with Gasteiger partial charge in [-0.25, -0.2) is 0 Å². The Labute approximate surface area is 118 Å². The van der Waals surface area contributed by atoms with Crippen LogP contribution in [-0.2, 0) is 0 Å². The van der Waals surface area contributed by atoms with Gasteiger partial charge in [-0.05, 0) is 18.6 Å². The number of aryl methyl sites for hydroxylation is 1. The Hall–Kier alpha value is -1.92. The van der Waals surface area contributed by atoms with Crippen molar-refractivity contribution in [1.82, 2.24) is 10.2 Å². The van der Waals surface area contributed by atoms with Gasteiger partial charge in [-0.3, -0.25) is 10.1 Å². The highest BCUT2D eigenvalue weighted by atomic mass is 35.5. The lowest BCUT2D eigenvalue weighted by Crippen LogP contribution is -1.94. The Morgan fingerprint density at radius 1 is 1.21 bits per heavy atom. The van der Waals surface area contributed by atoms with Crippen molar-refractivity contribution in [3.63, 3.8) is 0 Å². The molecule has 0 N–H and O–H groups in total. The van der Waals surface area contributed by atoms with Crippen LogP contribution in [0.4, 0.5) is 5.69 Å². The van der Waals surface area contributed by atoms with Gasteiger partial charge in [0, 0.05) is 12.1 Å². The van der Waals surface area contributed by atoms with Crippen molar-refractivity contribution in [3.05, 3.63) is 50.2 Å². The van der Waals surface area contributed by atoms with Gasteiger partial charge in [0.05, 0.1) is 11.0 Å². The van der Waals surface area contributed by atoms with Crippen LogP contribution in [0.25, 0.3) is 0 Å². The fraction of sp³-hybridized carbons (Fsp3) is 0.0909. The number of aromatic nitrogens is 2. The monoisotopic (exact) mass is 299 g/mol. The molecule has 2 rings (SSSR count). The maximum absolute atomic E-state index is 10.7. The van der Waals surface area contributed by atoms with Crippen molar-refractivity contribution < 1.29 is 9.66 Å². The van der Waals surface area contributed by atoms with Gasteiger partial charge in [-0.1, -0.05) is 23.2 Å². The summed E-state index contributed by atoms with van der Waals surface area (Å²) < 4.78 is 5.49. The number of nitro groups is 1. The maximum Gasteiger partial charge on any atom is 0.273 e. The van der Waals surface area contributed by atoms with E-state index in [-0.39, 0.29) is 21.7 Å². The molecule has 0 fully saturated rings. The first-order valence-corrected chi connectivity index (χ1v) is 5.84. The zero-order valence-corrected chi connectivity index (χ0v) is 11.1. The molecule has 19 heavy (non-hydrogen) atoms. The van der Waals surface area contributed by atoms with Gasteiger partial charge in [0.2, 0.25) is 0 Å². The molecule has 1 heterocycles. The van der Waals surface area contributed by atoms with E-state index in [2.05, 4.69) is 10.2 Å². The number of nitrogens with zero attached hydrogens (tertiary/aromatic N) is 3. The van der Waals surface area contributed by atoms with Crippen molar-refractivity contribution in [2.24, 2.45) is 0 Å². The zero-order valence-electron chi connectivity index (χ0n) is 9.63. The lowest BCUT2D eigenvalue weighted by Gasteiger charge is -2.09. The number of hydrogen-bond acceptors (Lipinski definition) is 5. The SMILES string of the molecule is Cc1ccc([N+](=O)[O-])cc1Oc1cc(Cl)nnc1Cl. The molecule has 0 bridgehead atoms. The third-order valence-electron chi connectivity index (χ3n) is 2.29. The second kappa shape index (κ2) is 5.38. The van der Waals surface area contributed by atoms with Gasteiger partial charge in [0.1, 0.15) is 5.75 Å². The number of non-ortho nitro benzene ring substituents is 1. The van der Waals surface area contributed by atoms with Crippen LogP contribution in [0.1, 0.15) is 5.56 Å². The molecule has 8 heteroatoms. The van der Waals surface area contributed by atoms with E-state index in [1.54, 1.807) is 13.0 Å². The molecule has 0 amide bonds. The molecular weight excluding hydrogens is 293 g/mol. The summed E-state index contributed by atoms with van der Waals surface area (Å²) in [5, 5.41) is 18.0. The van der Waals surface area contributed by atoms with E-state index in [1.807, 2.05) is 0 Å². The lowest BCUT2D eigenvalue weighted by molar-refractivity contribution is -0.384. The minimum absolute atomic E-state index is 0.0234. The highest BCUT2D eigenvalue weighted by Gasteiger charge is 2.13. The molecule has 0 unspecified atom stereocenters. The second-order valence-electron chi connectivity index (χ2n) is 3.63. The summed E-state index contributed by atoms with van der Waals surface area (Å²) in [6.45, 7) is 1.75. The quantitative estimate of drug-likeness (QED) is 0.636. The Kier molecular flexibility index (Phi) is 3.82. The summed E-state index contributed by atoms with van der Waals surface area (Å²) in [5.41, 5.74) is 0.638. The van der Waals surface area contributed by atoms with Crippen LogP contribution in [0.2, 0.25) is 10.3 Å². The molecule has 0 saturated carbocycles. The first-order valence-electron chi connectivity index (χ1n) is 5.09. The molecule has 1 aromatic carbocycles. The summed E-state index contributed by atoms with van der Waals surface area (Å²) >= 11 is 11.5. The molecule has 0 spiro atoms. The van der Waals surface area contributed by atoms with Crippen LogP contribution in [0.5, 0.6) is 11.5 Å². The first-order chi connectivity index (χ1) is 8.97. The van der Waals surface area contributed by atoms with Gasteiger partial charge in [0.25, 0.3) is 5.69 Å². The van der Waals surface area contributed by atoms with Crippen LogP contribution in [0.15, 0.2) is 24.3 Å². The van der Waals surface area contributed by atoms with Gasteiger partial charge < -0.3 is 4.74 Å². The Bertz CT molecular complexity index is 649. The molecule has 0 aliphatic carbocycles. The highest BCUT2D eigenvalue weighted by Crippen LogP contribution is 2.32. The molecule has 0 aliphatic heterocycles. The van der Waals surface area contributed by atoms with Crippen molar-refractivity contribution in [1.29, 1.82) is 0 Å². The summed E-state index contributed by atoms with van der Waals surface area (Å²) in [6.07, 6.45) is 0. The topological polar surface area (TPSA) is 78.2 Å². The molecule has 1 aromatic heterocycles. The molecule has 0 atom stereocenters. The predicted octanol–water partition coefficient (Wildman–Crippen LogP) is 3.79. The molecular formula is C11H7Cl2N3O3. The van der Waals surface area contributed by atoms with Crippen LogP contribution < -0.4 is 4.74 Å². The third kappa shape index (κ3) is 3.10. The number of hydrogen-bond donors (Lipinski definition) is 0. The number of rotatable bonds is 3. The van der Waals surface area contributed by atoms with Crippen LogP contribution in [0.3, 0.4) is 0 Å². The van der Waals surface area contributed by atoms with Gasteiger partial charge in [0.15, 0.2) is 16.1 Å². The first kappa shape index (κ1) is 13.5. The fourth-order valence-electron chi connectivity index (χ4n) is 1.34. The number of halogens is 2. The Morgan fingerprint density at radius 2 is 1.95 bits per heavy atom. The number of benzene rings is 1. The largest absolute Gasteiger partial charge is 0.453 e. The minimum atomic E-state index is -0.508. The van der Waals surface area contributed by atoms with Gasteiger partial charge in [-0.15, -0.1) is 10.2 Å². The predicted molar refractivity (Wildman–Crippen MR) is 70.0 cm³/mol. The summed E-state index contributed by atoms with van der Waals surface area (Å²) in [7, 11) is 0. The number of nitro benzene ring substituents is 1. The molecule has 0 saturated heterocycles. The molecule has 98 valence electrons. The average molecular weight is 300 g/mol. The summed E-state index contributed by atoms with van der Waals surface area (Å²) in [4.78, 5) is 10.2. The summed E-state index contributed by atoms with van der Waals surface area (Å²) in [5.74, 6) is 0.491. The van der Waals surface area contributed by atoms with Gasteiger partial charge >= 0.3 is 0 Å². The van der Waals surface area contributed by atoms with E-state index in [0.717, 1.165) is 5.56 Å². The van der Waals surface area contributed by atoms with E-state index < -0.39 is 4.92 Å². The van der Waals surface area contributed by atoms with Crippen molar-refractivity contribution in [3.8, 4) is 11.5 Å². The van der Waals surface area contributed by atoms with Crippen molar-refractivity contribution in [2.75, 3.05) is 0 Å². The smallest absolute Gasteiger partial charge is 0.273 e. The molecule has 0 radical (unpaired) electrons. The maximum atomic E-state index is 10.7. The van der Waals surface area contributed by atoms with E-state index in [0.29, 0.717) is 5.75 Å². The molecule has 0 aliphatic rings. The fourth-order valence-corrected chi connectivity index (χ4v) is 1.61. The normalized spacial score (nSPS) is 10.3. The van der Waals surface area contributed by atoms with Crippen molar-refractivity contribution >= 4 is 28.9 Å². The summed E-state index contributed by atoms with van der Waals surface area (Å²) in [6, 6.07) is 5.66. The average Bonchev–Trinajstić information content (AvgIpc) is 2.36. The van der Waals surface area contributed by atoms with Crippen LogP contribution in [-0.4, -0.2) is 15.1 Å². The third-order valence-corrected chi connectivity index (χ3v) is 2.74. The lowest BCUT2D eigenvalue weighted by atomic mass is 10.2. The Balaban J connectivity index is 2.40. The van der Waals surface area contributed by atoms with Crippen LogP contribution in [0, 0.1) is 17.0 Å².